The Kier molecular flexibility index (Phi) is 11.7. The highest BCUT2D eigenvalue weighted by Crippen LogP contribution is 2.38. The average Bonchev–Trinajstić information content (AvgIpc) is 3.06. The smallest absolute Gasteiger partial charge is 0.138 e. The van der Waals surface area contributed by atoms with Gasteiger partial charge < -0.3 is 10.6 Å². The zero-order chi connectivity index (χ0) is 30.7. The Hall–Kier alpha value is -3.40. The second kappa shape index (κ2) is 16.1. The van der Waals surface area contributed by atoms with Crippen molar-refractivity contribution in [1.82, 2.24) is 0 Å². The highest BCUT2D eigenvalue weighted by atomic mass is 16.1. The van der Waals surface area contributed by atoms with Crippen LogP contribution in [0.2, 0.25) is 0 Å². The van der Waals surface area contributed by atoms with E-state index in [0.717, 1.165) is 73.9 Å². The van der Waals surface area contributed by atoms with Gasteiger partial charge in [-0.05, 0) is 97.9 Å². The van der Waals surface area contributed by atoms with Crippen molar-refractivity contribution in [3.63, 3.8) is 0 Å². The zero-order valence-corrected chi connectivity index (χ0v) is 27.0. The average molecular weight is 593 g/mol. The molecule has 3 aromatic carbocycles. The predicted octanol–water partition coefficient (Wildman–Crippen LogP) is 10.2. The minimum absolute atomic E-state index is 0.0329. The lowest BCUT2D eigenvalue weighted by molar-refractivity contribution is -0.125. The molecule has 2 N–H and O–H groups in total. The van der Waals surface area contributed by atoms with Crippen molar-refractivity contribution in [2.24, 2.45) is 11.8 Å². The second-order valence-corrected chi connectivity index (χ2v) is 13.1. The molecule has 2 aliphatic rings. The van der Waals surface area contributed by atoms with E-state index in [2.05, 4.69) is 97.3 Å². The van der Waals surface area contributed by atoms with E-state index >= 15 is 0 Å². The number of benzene rings is 3. The first-order chi connectivity index (χ1) is 21.6. The molecule has 3 aromatic rings. The predicted molar refractivity (Wildman–Crippen MR) is 183 cm³/mol. The number of nitrogens with one attached hydrogen (secondary N) is 2. The van der Waals surface area contributed by atoms with Crippen LogP contribution in [0.15, 0.2) is 72.8 Å². The Morgan fingerprint density at radius 2 is 0.955 bits per heavy atom. The van der Waals surface area contributed by atoms with Gasteiger partial charge in [-0.3, -0.25) is 9.59 Å². The van der Waals surface area contributed by atoms with E-state index in [0.29, 0.717) is 24.4 Å². The van der Waals surface area contributed by atoms with Crippen LogP contribution in [-0.2, 0) is 22.4 Å². The maximum atomic E-state index is 13.2. The molecule has 2 aliphatic carbocycles. The molecular formula is C40H52N2O2. The van der Waals surface area contributed by atoms with Gasteiger partial charge in [0.25, 0.3) is 0 Å². The molecule has 44 heavy (non-hydrogen) atoms. The topological polar surface area (TPSA) is 58.2 Å². The third kappa shape index (κ3) is 8.40. The number of ketones is 2. The number of carbonyl (C=O) groups is 2. The summed E-state index contributed by atoms with van der Waals surface area (Å²) in [5.41, 5.74) is 7.12. The summed E-state index contributed by atoms with van der Waals surface area (Å²) in [4.78, 5) is 26.4. The Balaban J connectivity index is 1.39. The van der Waals surface area contributed by atoms with E-state index < -0.39 is 0 Å². The monoisotopic (exact) mass is 592 g/mol. The fourth-order valence-electron chi connectivity index (χ4n) is 7.12. The normalized spacial score (nSPS) is 20.2. The third-order valence-corrected chi connectivity index (χ3v) is 9.85. The molecule has 0 amide bonds. The van der Waals surface area contributed by atoms with E-state index in [1.54, 1.807) is 0 Å². The van der Waals surface area contributed by atoms with Crippen molar-refractivity contribution in [2.45, 2.75) is 116 Å². The summed E-state index contributed by atoms with van der Waals surface area (Å²) in [7, 11) is 0. The van der Waals surface area contributed by atoms with E-state index in [4.69, 9.17) is 0 Å². The summed E-state index contributed by atoms with van der Waals surface area (Å²) < 4.78 is 0. The highest BCUT2D eigenvalue weighted by Gasteiger charge is 2.34. The molecule has 0 bridgehead atoms. The van der Waals surface area contributed by atoms with Crippen molar-refractivity contribution in [1.29, 1.82) is 0 Å². The van der Waals surface area contributed by atoms with Crippen LogP contribution in [0.5, 0.6) is 0 Å². The fraction of sp³-hybridized carbons (Fsp3) is 0.500. The second-order valence-electron chi connectivity index (χ2n) is 13.1. The van der Waals surface area contributed by atoms with Crippen LogP contribution >= 0.6 is 0 Å². The number of carbonyl (C=O) groups excluding carboxylic acids is 2. The molecule has 5 rings (SSSR count). The zero-order valence-electron chi connectivity index (χ0n) is 27.0. The first-order valence-corrected chi connectivity index (χ1v) is 17.4. The lowest BCUT2D eigenvalue weighted by Crippen LogP contribution is -2.31. The van der Waals surface area contributed by atoms with Crippen LogP contribution in [0.3, 0.4) is 0 Å². The van der Waals surface area contributed by atoms with Gasteiger partial charge in [0.15, 0.2) is 0 Å². The van der Waals surface area contributed by atoms with Crippen molar-refractivity contribution >= 4 is 22.9 Å². The SMILES string of the molecule is CCCCc1ccc(NC(c2ccc(C(Nc3ccc(CCCC)cc3)C3CCCCC3=O)cc2)C2CCCCC2=O)cc1. The van der Waals surface area contributed by atoms with E-state index in [-0.39, 0.29) is 23.9 Å². The van der Waals surface area contributed by atoms with Gasteiger partial charge in [-0.1, -0.05) is 88.1 Å². The lowest BCUT2D eigenvalue weighted by Gasteiger charge is -2.33. The number of hydrogen-bond donors (Lipinski definition) is 2. The number of hydrogen-bond acceptors (Lipinski definition) is 4. The molecular weight excluding hydrogens is 540 g/mol. The largest absolute Gasteiger partial charge is 0.378 e. The van der Waals surface area contributed by atoms with Crippen LogP contribution in [0.1, 0.15) is 125 Å². The molecule has 2 saturated carbocycles. The summed E-state index contributed by atoms with van der Waals surface area (Å²) in [5.74, 6) is 0.670. The Morgan fingerprint density at radius 3 is 1.30 bits per heavy atom. The fourth-order valence-corrected chi connectivity index (χ4v) is 7.12. The molecule has 4 heteroatoms. The van der Waals surface area contributed by atoms with Gasteiger partial charge in [-0.15, -0.1) is 0 Å². The van der Waals surface area contributed by atoms with Crippen molar-refractivity contribution in [3.8, 4) is 0 Å². The van der Waals surface area contributed by atoms with Crippen LogP contribution in [-0.4, -0.2) is 11.6 Å². The minimum atomic E-state index is -0.0725. The van der Waals surface area contributed by atoms with Crippen LogP contribution < -0.4 is 10.6 Å². The number of aryl methyl sites for hydroxylation is 2. The van der Waals surface area contributed by atoms with Crippen molar-refractivity contribution < 1.29 is 9.59 Å². The van der Waals surface area contributed by atoms with Gasteiger partial charge in [0.05, 0.1) is 12.1 Å². The molecule has 0 aliphatic heterocycles. The summed E-state index contributed by atoms with van der Waals surface area (Å²) in [6, 6.07) is 26.2. The molecule has 234 valence electrons. The van der Waals surface area contributed by atoms with Gasteiger partial charge in [-0.2, -0.15) is 0 Å². The number of rotatable bonds is 14. The lowest BCUT2D eigenvalue weighted by atomic mass is 9.78. The van der Waals surface area contributed by atoms with Gasteiger partial charge in [-0.25, -0.2) is 0 Å². The van der Waals surface area contributed by atoms with Gasteiger partial charge in [0, 0.05) is 36.1 Å². The first-order valence-electron chi connectivity index (χ1n) is 17.4. The number of unbranched alkanes of at least 4 members (excludes halogenated alkanes) is 2. The highest BCUT2D eigenvalue weighted by molar-refractivity contribution is 5.84. The third-order valence-electron chi connectivity index (χ3n) is 9.85. The van der Waals surface area contributed by atoms with Crippen LogP contribution in [0.4, 0.5) is 11.4 Å². The summed E-state index contributed by atoms with van der Waals surface area (Å²) in [5, 5.41) is 7.53. The van der Waals surface area contributed by atoms with E-state index in [9.17, 15) is 9.59 Å². The Bertz CT molecular complexity index is 1220. The van der Waals surface area contributed by atoms with Gasteiger partial charge in [0.2, 0.25) is 0 Å². The Labute approximate surface area is 265 Å². The molecule has 0 spiro atoms. The maximum absolute atomic E-state index is 13.2. The molecule has 0 radical (unpaired) electrons. The maximum Gasteiger partial charge on any atom is 0.138 e. The number of Topliss-reactive ketones (excluding diaryl/α,β-unsaturated/α-hetero) is 2. The number of anilines is 2. The van der Waals surface area contributed by atoms with E-state index in [1.807, 2.05) is 0 Å². The van der Waals surface area contributed by atoms with Crippen LogP contribution in [0.25, 0.3) is 0 Å². The standard InChI is InChI=1S/C40H52N2O2/c1-3-5-11-29-17-25-33(26-18-29)41-39(35-13-7-9-15-37(35)43)31-21-23-32(24-22-31)40(36-14-8-10-16-38(36)44)42-34-27-19-30(20-28-34)12-6-4-2/h17-28,35-36,39-42H,3-16H2,1-2H3. The first kappa shape index (κ1) is 32.0. The molecule has 4 unspecified atom stereocenters. The Morgan fingerprint density at radius 1 is 0.568 bits per heavy atom. The molecule has 2 fully saturated rings. The quantitative estimate of drug-likeness (QED) is 0.196. The van der Waals surface area contributed by atoms with Gasteiger partial charge >= 0.3 is 0 Å². The summed E-state index contributed by atoms with van der Waals surface area (Å²) in [6.07, 6.45) is 14.3. The molecule has 4 atom stereocenters. The minimum Gasteiger partial charge on any atom is -0.378 e. The van der Waals surface area contributed by atoms with Crippen molar-refractivity contribution in [2.75, 3.05) is 10.6 Å². The van der Waals surface area contributed by atoms with Crippen LogP contribution in [0, 0.1) is 11.8 Å². The van der Waals surface area contributed by atoms with Gasteiger partial charge in [0.1, 0.15) is 11.6 Å². The summed E-state index contributed by atoms with van der Waals surface area (Å²) in [6.45, 7) is 4.45. The van der Waals surface area contributed by atoms with E-state index in [1.165, 1.54) is 36.8 Å². The summed E-state index contributed by atoms with van der Waals surface area (Å²) >= 11 is 0. The molecule has 0 aromatic heterocycles. The molecule has 4 nitrogen and oxygen atoms in total. The van der Waals surface area contributed by atoms with Crippen molar-refractivity contribution in [3.05, 3.63) is 95.1 Å². The molecule has 0 heterocycles. The molecule has 0 saturated heterocycles.